The van der Waals surface area contributed by atoms with Crippen LogP contribution in [0.5, 0.6) is 0 Å². The Morgan fingerprint density at radius 3 is 2.68 bits per heavy atom. The first-order valence-electron chi connectivity index (χ1n) is 8.27. The summed E-state index contributed by atoms with van der Waals surface area (Å²) in [4.78, 5) is 13.6. The molecule has 3 aromatic rings. The van der Waals surface area contributed by atoms with Crippen LogP contribution in [0.3, 0.4) is 0 Å². The molecular formula is C19H18ClN5. The van der Waals surface area contributed by atoms with Crippen LogP contribution < -0.4 is 10.6 Å². The third kappa shape index (κ3) is 3.88. The van der Waals surface area contributed by atoms with E-state index in [4.69, 9.17) is 11.6 Å². The lowest BCUT2D eigenvalue weighted by Crippen LogP contribution is -2.08. The van der Waals surface area contributed by atoms with Gasteiger partial charge in [0.25, 0.3) is 0 Å². The van der Waals surface area contributed by atoms with Crippen LogP contribution in [0, 0.1) is 6.92 Å². The van der Waals surface area contributed by atoms with Crippen LogP contribution in [0.2, 0.25) is 5.02 Å². The highest BCUT2D eigenvalue weighted by molar-refractivity contribution is 6.30. The molecule has 6 heteroatoms. The Labute approximate surface area is 151 Å². The summed E-state index contributed by atoms with van der Waals surface area (Å²) < 4.78 is 0. The Bertz CT molecular complexity index is 894. The van der Waals surface area contributed by atoms with Gasteiger partial charge in [0.1, 0.15) is 5.82 Å². The van der Waals surface area contributed by atoms with E-state index < -0.39 is 0 Å². The highest BCUT2D eigenvalue weighted by atomic mass is 35.5. The van der Waals surface area contributed by atoms with Gasteiger partial charge in [0.05, 0.1) is 11.4 Å². The smallest absolute Gasteiger partial charge is 0.225 e. The number of hydrogen-bond donors (Lipinski definition) is 2. The van der Waals surface area contributed by atoms with E-state index in [0.29, 0.717) is 22.8 Å². The molecular weight excluding hydrogens is 334 g/mol. The highest BCUT2D eigenvalue weighted by Gasteiger charge is 2.22. The van der Waals surface area contributed by atoms with E-state index in [0.717, 1.165) is 35.5 Å². The Morgan fingerprint density at radius 1 is 1.04 bits per heavy atom. The summed E-state index contributed by atoms with van der Waals surface area (Å²) in [6, 6.07) is 13.9. The van der Waals surface area contributed by atoms with Crippen molar-refractivity contribution in [3.63, 3.8) is 0 Å². The Kier molecular flexibility index (Phi) is 4.24. The molecule has 1 saturated carbocycles. The van der Waals surface area contributed by atoms with Gasteiger partial charge in [0, 0.05) is 29.0 Å². The molecule has 0 radical (unpaired) electrons. The Morgan fingerprint density at radius 2 is 1.92 bits per heavy atom. The largest absolute Gasteiger partial charge is 0.351 e. The van der Waals surface area contributed by atoms with Crippen LogP contribution in [0.1, 0.15) is 18.4 Å². The molecule has 0 unspecified atom stereocenters. The summed E-state index contributed by atoms with van der Waals surface area (Å²) in [5.41, 5.74) is 3.62. The van der Waals surface area contributed by atoms with E-state index in [1.165, 1.54) is 0 Å². The number of benzene rings is 1. The zero-order valence-corrected chi connectivity index (χ0v) is 14.6. The molecule has 1 aromatic carbocycles. The number of aromatic nitrogens is 3. The van der Waals surface area contributed by atoms with E-state index in [1.807, 2.05) is 49.4 Å². The zero-order valence-electron chi connectivity index (χ0n) is 13.8. The maximum absolute atomic E-state index is 6.12. The van der Waals surface area contributed by atoms with Crippen molar-refractivity contribution in [2.24, 2.45) is 0 Å². The van der Waals surface area contributed by atoms with Gasteiger partial charge in [-0.15, -0.1) is 0 Å². The summed E-state index contributed by atoms with van der Waals surface area (Å²) in [5.74, 6) is 1.33. The third-order valence-corrected chi connectivity index (χ3v) is 4.26. The number of anilines is 3. The van der Waals surface area contributed by atoms with Crippen molar-refractivity contribution in [2.45, 2.75) is 25.8 Å². The monoisotopic (exact) mass is 351 g/mol. The zero-order chi connectivity index (χ0) is 17.2. The summed E-state index contributed by atoms with van der Waals surface area (Å²) in [7, 11) is 0. The molecule has 0 saturated heterocycles. The van der Waals surface area contributed by atoms with E-state index >= 15 is 0 Å². The summed E-state index contributed by atoms with van der Waals surface area (Å²) >= 11 is 6.12. The minimum Gasteiger partial charge on any atom is -0.351 e. The van der Waals surface area contributed by atoms with Gasteiger partial charge in [0.2, 0.25) is 5.95 Å². The number of nitrogens with zero attached hydrogens (tertiary/aromatic N) is 3. The fourth-order valence-electron chi connectivity index (χ4n) is 2.50. The summed E-state index contributed by atoms with van der Waals surface area (Å²) in [5, 5.41) is 7.40. The molecule has 25 heavy (non-hydrogen) atoms. The second-order valence-electron chi connectivity index (χ2n) is 6.18. The molecule has 0 bridgehead atoms. The Balaban J connectivity index is 1.71. The number of pyridine rings is 1. The second kappa shape index (κ2) is 6.69. The van der Waals surface area contributed by atoms with E-state index in [-0.39, 0.29) is 0 Å². The summed E-state index contributed by atoms with van der Waals surface area (Å²) in [6.07, 6.45) is 4.08. The Hall–Kier alpha value is -2.66. The fourth-order valence-corrected chi connectivity index (χ4v) is 2.67. The van der Waals surface area contributed by atoms with Crippen LogP contribution in [0.4, 0.5) is 17.5 Å². The van der Waals surface area contributed by atoms with Crippen molar-refractivity contribution in [3.05, 3.63) is 59.2 Å². The van der Waals surface area contributed by atoms with Gasteiger partial charge in [-0.2, -0.15) is 4.98 Å². The van der Waals surface area contributed by atoms with Gasteiger partial charge in [-0.25, -0.2) is 4.98 Å². The van der Waals surface area contributed by atoms with Crippen molar-refractivity contribution in [2.75, 3.05) is 10.6 Å². The molecule has 5 nitrogen and oxygen atoms in total. The quantitative estimate of drug-likeness (QED) is 0.690. The average molecular weight is 352 g/mol. The lowest BCUT2D eigenvalue weighted by Gasteiger charge is -2.12. The number of nitrogens with one attached hydrogen (secondary N) is 2. The average Bonchev–Trinajstić information content (AvgIpc) is 3.43. The molecule has 2 heterocycles. The lowest BCUT2D eigenvalue weighted by atomic mass is 10.2. The van der Waals surface area contributed by atoms with Crippen LogP contribution in [-0.4, -0.2) is 21.0 Å². The lowest BCUT2D eigenvalue weighted by molar-refractivity contribution is 1.05. The maximum atomic E-state index is 6.12. The van der Waals surface area contributed by atoms with Crippen LogP contribution in [0.15, 0.2) is 48.7 Å². The van der Waals surface area contributed by atoms with E-state index in [9.17, 15) is 0 Å². The predicted molar refractivity (Wildman–Crippen MR) is 101 cm³/mol. The standard InChI is InChI=1S/C19H18ClN5/c1-12-5-6-13(20)10-16(12)23-18-11-17(15-4-2-3-9-21-15)24-19(25-18)22-14-7-8-14/h2-6,9-11,14H,7-8H2,1H3,(H2,22,23,24,25). The van der Waals surface area contributed by atoms with Crippen LogP contribution >= 0.6 is 11.6 Å². The van der Waals surface area contributed by atoms with Crippen LogP contribution in [-0.2, 0) is 0 Å². The molecule has 4 rings (SSSR count). The molecule has 1 aliphatic rings. The van der Waals surface area contributed by atoms with Crippen molar-refractivity contribution >= 4 is 29.1 Å². The van der Waals surface area contributed by atoms with Crippen molar-refractivity contribution in [1.82, 2.24) is 15.0 Å². The van der Waals surface area contributed by atoms with Crippen LogP contribution in [0.25, 0.3) is 11.4 Å². The van der Waals surface area contributed by atoms with Crippen molar-refractivity contribution < 1.29 is 0 Å². The van der Waals surface area contributed by atoms with Gasteiger partial charge >= 0.3 is 0 Å². The number of halogens is 1. The number of aryl methyl sites for hydroxylation is 1. The molecule has 2 aromatic heterocycles. The van der Waals surface area contributed by atoms with E-state index in [2.05, 4.69) is 25.6 Å². The number of rotatable bonds is 5. The summed E-state index contributed by atoms with van der Waals surface area (Å²) in [6.45, 7) is 2.03. The predicted octanol–water partition coefficient (Wildman–Crippen LogP) is 4.82. The fraction of sp³-hybridized carbons (Fsp3) is 0.211. The molecule has 1 fully saturated rings. The van der Waals surface area contributed by atoms with Crippen molar-refractivity contribution in [1.29, 1.82) is 0 Å². The SMILES string of the molecule is Cc1ccc(Cl)cc1Nc1cc(-c2ccccn2)nc(NC2CC2)n1. The first kappa shape index (κ1) is 15.8. The molecule has 0 atom stereocenters. The second-order valence-corrected chi connectivity index (χ2v) is 6.62. The van der Waals surface area contributed by atoms with Gasteiger partial charge in [-0.1, -0.05) is 23.7 Å². The molecule has 2 N–H and O–H groups in total. The number of hydrogen-bond acceptors (Lipinski definition) is 5. The van der Waals surface area contributed by atoms with Gasteiger partial charge in [-0.3, -0.25) is 4.98 Å². The minimum absolute atomic E-state index is 0.472. The molecule has 1 aliphatic carbocycles. The molecule has 0 amide bonds. The minimum atomic E-state index is 0.472. The van der Waals surface area contributed by atoms with Crippen molar-refractivity contribution in [3.8, 4) is 11.4 Å². The third-order valence-electron chi connectivity index (χ3n) is 4.03. The maximum Gasteiger partial charge on any atom is 0.225 e. The van der Waals surface area contributed by atoms with Gasteiger partial charge in [-0.05, 0) is 49.6 Å². The molecule has 126 valence electrons. The topological polar surface area (TPSA) is 62.7 Å². The van der Waals surface area contributed by atoms with E-state index in [1.54, 1.807) is 6.20 Å². The first-order valence-corrected chi connectivity index (χ1v) is 8.65. The molecule has 0 spiro atoms. The van der Waals surface area contributed by atoms with Gasteiger partial charge in [0.15, 0.2) is 0 Å². The van der Waals surface area contributed by atoms with Gasteiger partial charge < -0.3 is 10.6 Å². The first-order chi connectivity index (χ1) is 12.2. The normalized spacial score (nSPS) is 13.5. The highest BCUT2D eigenvalue weighted by Crippen LogP contribution is 2.28. The molecule has 0 aliphatic heterocycles.